The Balaban J connectivity index is 2.34. The van der Waals surface area contributed by atoms with Crippen LogP contribution in [0, 0.1) is 0 Å². The molecule has 7 heteroatoms. The van der Waals surface area contributed by atoms with Gasteiger partial charge in [0.1, 0.15) is 6.61 Å². The van der Waals surface area contributed by atoms with Crippen LogP contribution in [0.3, 0.4) is 0 Å². The van der Waals surface area contributed by atoms with Gasteiger partial charge in [-0.1, -0.05) is 21.1 Å². The second kappa shape index (κ2) is 5.81. The van der Waals surface area contributed by atoms with Gasteiger partial charge in [0.15, 0.2) is 5.82 Å². The first-order valence-electron chi connectivity index (χ1n) is 5.27. The van der Waals surface area contributed by atoms with E-state index in [-0.39, 0.29) is 0 Å². The monoisotopic (exact) mass is 375 g/mol. The number of nitrogens with two attached hydrogens (primary N) is 1. The number of benzene rings is 1. The van der Waals surface area contributed by atoms with Crippen molar-refractivity contribution in [1.29, 1.82) is 0 Å². The molecule has 5 nitrogen and oxygen atoms in total. The van der Waals surface area contributed by atoms with Crippen molar-refractivity contribution in [3.05, 3.63) is 26.9 Å². The molecule has 0 aliphatic rings. The highest BCUT2D eigenvalue weighted by Gasteiger charge is 2.14. The quantitative estimate of drug-likeness (QED) is 0.828. The molecular formula is C11H11Br2N3O2. The van der Waals surface area contributed by atoms with Crippen molar-refractivity contribution in [3.8, 4) is 11.5 Å². The van der Waals surface area contributed by atoms with Gasteiger partial charge in [-0.3, -0.25) is 0 Å². The van der Waals surface area contributed by atoms with Crippen molar-refractivity contribution in [2.75, 3.05) is 12.3 Å². The summed E-state index contributed by atoms with van der Waals surface area (Å²) in [5.41, 5.74) is 7.21. The van der Waals surface area contributed by atoms with E-state index < -0.39 is 0 Å². The minimum atomic E-state index is 0.328. The third-order valence-electron chi connectivity index (χ3n) is 2.23. The summed E-state index contributed by atoms with van der Waals surface area (Å²) in [6.07, 6.45) is 0. The van der Waals surface area contributed by atoms with Crippen LogP contribution in [0.5, 0.6) is 0 Å². The Labute approximate surface area is 121 Å². The fourth-order valence-electron chi connectivity index (χ4n) is 1.38. The van der Waals surface area contributed by atoms with Crippen LogP contribution in [-0.2, 0) is 11.3 Å². The second-order valence-electron chi connectivity index (χ2n) is 3.50. The number of hydrogen-bond donors (Lipinski definition) is 1. The van der Waals surface area contributed by atoms with E-state index in [1.807, 2.05) is 19.1 Å². The smallest absolute Gasteiger partial charge is 0.260 e. The summed E-state index contributed by atoms with van der Waals surface area (Å²) in [4.78, 5) is 4.24. The number of ether oxygens (including phenoxy) is 1. The van der Waals surface area contributed by atoms with Gasteiger partial charge in [0.05, 0.1) is 11.3 Å². The van der Waals surface area contributed by atoms with E-state index in [1.165, 1.54) is 0 Å². The molecule has 1 aromatic heterocycles. The number of nitrogen functional groups attached to an aromatic ring is 1. The number of aromatic nitrogens is 2. The van der Waals surface area contributed by atoms with Gasteiger partial charge in [0, 0.05) is 15.6 Å². The van der Waals surface area contributed by atoms with Crippen LogP contribution in [0.25, 0.3) is 11.5 Å². The van der Waals surface area contributed by atoms with Crippen molar-refractivity contribution in [1.82, 2.24) is 10.1 Å². The topological polar surface area (TPSA) is 74.2 Å². The zero-order chi connectivity index (χ0) is 13.1. The molecule has 0 atom stereocenters. The summed E-state index contributed by atoms with van der Waals surface area (Å²) >= 11 is 6.77. The molecule has 0 aliphatic heterocycles. The van der Waals surface area contributed by atoms with Gasteiger partial charge in [-0.2, -0.15) is 4.98 Å². The molecule has 0 fully saturated rings. The molecule has 0 saturated heterocycles. The van der Waals surface area contributed by atoms with E-state index in [4.69, 9.17) is 15.0 Å². The van der Waals surface area contributed by atoms with Crippen LogP contribution >= 0.6 is 31.9 Å². The van der Waals surface area contributed by atoms with Gasteiger partial charge < -0.3 is 15.0 Å². The number of rotatable bonds is 4. The van der Waals surface area contributed by atoms with Gasteiger partial charge in [-0.05, 0) is 35.0 Å². The molecule has 96 valence electrons. The van der Waals surface area contributed by atoms with Crippen molar-refractivity contribution in [3.63, 3.8) is 0 Å². The van der Waals surface area contributed by atoms with Crippen LogP contribution < -0.4 is 5.73 Å². The van der Waals surface area contributed by atoms with Gasteiger partial charge in [0.2, 0.25) is 0 Å². The molecule has 0 bridgehead atoms. The maximum absolute atomic E-state index is 5.97. The fourth-order valence-corrected chi connectivity index (χ4v) is 2.60. The number of anilines is 1. The Morgan fingerprint density at radius 2 is 2.17 bits per heavy atom. The summed E-state index contributed by atoms with van der Waals surface area (Å²) in [5, 5.41) is 3.83. The highest BCUT2D eigenvalue weighted by molar-refractivity contribution is 9.11. The Hall–Kier alpha value is -0.920. The predicted molar refractivity (Wildman–Crippen MR) is 74.9 cm³/mol. The van der Waals surface area contributed by atoms with Crippen LogP contribution in [0.1, 0.15) is 12.7 Å². The fraction of sp³-hybridized carbons (Fsp3) is 0.273. The molecule has 2 rings (SSSR count). The summed E-state index contributed by atoms with van der Waals surface area (Å²) in [6.45, 7) is 2.84. The minimum Gasteiger partial charge on any atom is -0.397 e. The summed E-state index contributed by atoms with van der Waals surface area (Å²) in [7, 11) is 0. The zero-order valence-electron chi connectivity index (χ0n) is 9.61. The Morgan fingerprint density at radius 1 is 1.39 bits per heavy atom. The molecule has 0 unspecified atom stereocenters. The third-order valence-corrected chi connectivity index (χ3v) is 3.34. The average Bonchev–Trinajstić information content (AvgIpc) is 2.79. The van der Waals surface area contributed by atoms with Gasteiger partial charge in [-0.15, -0.1) is 0 Å². The molecule has 2 N–H and O–H groups in total. The Morgan fingerprint density at radius 3 is 2.89 bits per heavy atom. The SMILES string of the molecule is CCOCc1noc(-c2cc(Br)cc(Br)c2N)n1. The molecule has 0 radical (unpaired) electrons. The van der Waals surface area contributed by atoms with Crippen LogP contribution in [0.4, 0.5) is 5.69 Å². The van der Waals surface area contributed by atoms with Crippen LogP contribution in [-0.4, -0.2) is 16.7 Å². The van der Waals surface area contributed by atoms with E-state index >= 15 is 0 Å². The van der Waals surface area contributed by atoms with Gasteiger partial charge in [0.25, 0.3) is 5.89 Å². The first kappa shape index (κ1) is 13.5. The van der Waals surface area contributed by atoms with E-state index in [9.17, 15) is 0 Å². The number of nitrogens with zero attached hydrogens (tertiary/aromatic N) is 2. The lowest BCUT2D eigenvalue weighted by atomic mass is 10.2. The van der Waals surface area contributed by atoms with E-state index in [1.54, 1.807) is 0 Å². The lowest BCUT2D eigenvalue weighted by Gasteiger charge is -2.04. The number of halogens is 2. The summed E-state index contributed by atoms with van der Waals surface area (Å²) < 4.78 is 12.0. The van der Waals surface area contributed by atoms with E-state index in [0.29, 0.717) is 36.2 Å². The maximum atomic E-state index is 5.97. The molecule has 0 spiro atoms. The van der Waals surface area contributed by atoms with Gasteiger partial charge >= 0.3 is 0 Å². The van der Waals surface area contributed by atoms with Gasteiger partial charge in [-0.25, -0.2) is 0 Å². The lowest BCUT2D eigenvalue weighted by molar-refractivity contribution is 0.126. The van der Waals surface area contributed by atoms with Crippen LogP contribution in [0.2, 0.25) is 0 Å². The highest BCUT2D eigenvalue weighted by atomic mass is 79.9. The van der Waals surface area contributed by atoms with Crippen LogP contribution in [0.15, 0.2) is 25.6 Å². The zero-order valence-corrected chi connectivity index (χ0v) is 12.8. The third kappa shape index (κ3) is 2.90. The minimum absolute atomic E-state index is 0.328. The Kier molecular flexibility index (Phi) is 4.36. The van der Waals surface area contributed by atoms with E-state index in [2.05, 4.69) is 42.0 Å². The maximum Gasteiger partial charge on any atom is 0.260 e. The molecule has 0 saturated carbocycles. The summed E-state index contributed by atoms with van der Waals surface area (Å²) in [6, 6.07) is 3.69. The molecular weight excluding hydrogens is 366 g/mol. The predicted octanol–water partition coefficient (Wildman–Crippen LogP) is 3.38. The summed E-state index contributed by atoms with van der Waals surface area (Å²) in [5.74, 6) is 0.881. The molecule has 0 amide bonds. The molecule has 2 aromatic rings. The van der Waals surface area contributed by atoms with Crippen molar-refractivity contribution in [2.24, 2.45) is 0 Å². The first-order chi connectivity index (χ1) is 8.61. The molecule has 18 heavy (non-hydrogen) atoms. The molecule has 0 aliphatic carbocycles. The number of hydrogen-bond acceptors (Lipinski definition) is 5. The molecule has 1 aromatic carbocycles. The van der Waals surface area contributed by atoms with Crippen molar-refractivity contribution >= 4 is 37.5 Å². The standard InChI is InChI=1S/C11H11Br2N3O2/c1-2-17-5-9-15-11(18-16-9)7-3-6(12)4-8(13)10(7)14/h3-4H,2,5,14H2,1H3. The Bertz CT molecular complexity index is 557. The van der Waals surface area contributed by atoms with Crippen molar-refractivity contribution in [2.45, 2.75) is 13.5 Å². The lowest BCUT2D eigenvalue weighted by Crippen LogP contribution is -1.95. The normalized spacial score (nSPS) is 10.8. The first-order valence-corrected chi connectivity index (χ1v) is 6.85. The second-order valence-corrected chi connectivity index (χ2v) is 5.27. The average molecular weight is 377 g/mol. The highest BCUT2D eigenvalue weighted by Crippen LogP contribution is 2.34. The largest absolute Gasteiger partial charge is 0.397 e. The van der Waals surface area contributed by atoms with E-state index in [0.717, 1.165) is 8.95 Å². The van der Waals surface area contributed by atoms with Crippen molar-refractivity contribution < 1.29 is 9.26 Å². The molecule has 1 heterocycles.